The molecule has 1 N–H and O–H groups in total. The van der Waals surface area contributed by atoms with Crippen LogP contribution in [0.3, 0.4) is 0 Å². The van der Waals surface area contributed by atoms with Gasteiger partial charge in [-0.2, -0.15) is 0 Å². The monoisotopic (exact) mass is 427 g/mol. The number of hydrogen-bond donors (Lipinski definition) is 1. The Morgan fingerprint density at radius 3 is 1.80 bits per heavy atom. The lowest BCUT2D eigenvalue weighted by atomic mass is 10.1. The summed E-state index contributed by atoms with van der Waals surface area (Å²) in [5.41, 5.74) is 3.58. The van der Waals surface area contributed by atoms with Crippen molar-refractivity contribution < 1.29 is 9.47 Å². The first-order valence-corrected chi connectivity index (χ1v) is 9.77. The minimum atomic E-state index is 0. The van der Waals surface area contributed by atoms with Crippen molar-refractivity contribution in [3.63, 3.8) is 0 Å². The fourth-order valence-electron chi connectivity index (χ4n) is 3.28. The number of methoxy groups -OCH3 is 2. The highest BCUT2D eigenvalue weighted by atomic mass is 35.5. The van der Waals surface area contributed by atoms with Gasteiger partial charge in [-0.3, -0.25) is 0 Å². The topological polar surface area (TPSA) is 46.6 Å². The minimum absolute atomic E-state index is 0. The van der Waals surface area contributed by atoms with E-state index < -0.39 is 0 Å². The van der Waals surface area contributed by atoms with Crippen LogP contribution in [0.1, 0.15) is 29.7 Å². The lowest BCUT2D eigenvalue weighted by molar-refractivity contribution is 0.414. The van der Waals surface area contributed by atoms with Gasteiger partial charge in [0.25, 0.3) is 0 Å². The molecule has 5 nitrogen and oxygen atoms in total. The summed E-state index contributed by atoms with van der Waals surface area (Å²) in [6.45, 7) is 3.65. The normalized spacial score (nSPS) is 11.3. The molecule has 1 atom stereocenters. The Hall–Kier alpha value is -2.76. The van der Waals surface area contributed by atoms with Gasteiger partial charge in [0.15, 0.2) is 0 Å². The molecule has 0 fully saturated rings. The maximum absolute atomic E-state index is 5.30. The molecule has 0 aliphatic carbocycles. The van der Waals surface area contributed by atoms with Crippen LogP contribution in [-0.4, -0.2) is 26.3 Å². The quantitative estimate of drug-likeness (QED) is 0.520. The molecule has 3 aromatic rings. The van der Waals surface area contributed by atoms with Crippen LogP contribution in [0.15, 0.2) is 66.9 Å². The van der Waals surface area contributed by atoms with E-state index in [1.165, 1.54) is 16.7 Å². The molecule has 1 heterocycles. The SMILES string of the molecule is CN[C@H](C)c1cccnc1N(Cc1ccc(OC)cc1)Cc1ccc(OC)cc1.Cl. The Bertz CT molecular complexity index is 852. The van der Waals surface area contributed by atoms with Gasteiger partial charge < -0.3 is 19.7 Å². The Labute approximate surface area is 185 Å². The fraction of sp³-hybridized carbons (Fsp3) is 0.292. The van der Waals surface area contributed by atoms with Gasteiger partial charge in [0.2, 0.25) is 0 Å². The van der Waals surface area contributed by atoms with Crippen molar-refractivity contribution in [3.05, 3.63) is 83.6 Å². The van der Waals surface area contributed by atoms with Crippen LogP contribution in [-0.2, 0) is 13.1 Å². The minimum Gasteiger partial charge on any atom is -0.497 e. The highest BCUT2D eigenvalue weighted by Gasteiger charge is 2.17. The number of anilines is 1. The highest BCUT2D eigenvalue weighted by Crippen LogP contribution is 2.27. The lowest BCUT2D eigenvalue weighted by Gasteiger charge is -2.28. The number of rotatable bonds is 9. The molecule has 0 unspecified atom stereocenters. The summed E-state index contributed by atoms with van der Waals surface area (Å²) < 4.78 is 10.6. The number of pyridine rings is 1. The molecule has 1 aromatic heterocycles. The van der Waals surface area contributed by atoms with Crippen molar-refractivity contribution in [2.24, 2.45) is 0 Å². The van der Waals surface area contributed by atoms with Gasteiger partial charge in [-0.25, -0.2) is 4.98 Å². The van der Waals surface area contributed by atoms with Crippen molar-refractivity contribution in [1.82, 2.24) is 10.3 Å². The van der Waals surface area contributed by atoms with E-state index in [2.05, 4.69) is 47.5 Å². The average molecular weight is 428 g/mol. The van der Waals surface area contributed by atoms with Gasteiger partial charge >= 0.3 is 0 Å². The molecule has 0 spiro atoms. The predicted molar refractivity (Wildman–Crippen MR) is 125 cm³/mol. The van der Waals surface area contributed by atoms with Gasteiger partial charge in [0.05, 0.1) is 14.2 Å². The van der Waals surface area contributed by atoms with E-state index in [-0.39, 0.29) is 18.4 Å². The Balaban J connectivity index is 0.00000320. The molecule has 0 saturated carbocycles. The second-order valence-corrected chi connectivity index (χ2v) is 6.98. The van der Waals surface area contributed by atoms with E-state index >= 15 is 0 Å². The highest BCUT2D eigenvalue weighted by molar-refractivity contribution is 5.85. The van der Waals surface area contributed by atoms with Gasteiger partial charge in [-0.1, -0.05) is 30.3 Å². The molecule has 0 aliphatic heterocycles. The van der Waals surface area contributed by atoms with Crippen molar-refractivity contribution in [1.29, 1.82) is 0 Å². The number of ether oxygens (including phenoxy) is 2. The van der Waals surface area contributed by atoms with Crippen molar-refractivity contribution in [2.45, 2.75) is 26.1 Å². The third kappa shape index (κ3) is 5.88. The first-order chi connectivity index (χ1) is 14.1. The first-order valence-electron chi connectivity index (χ1n) is 9.77. The van der Waals surface area contributed by atoms with E-state index in [1.54, 1.807) is 14.2 Å². The largest absolute Gasteiger partial charge is 0.497 e. The molecule has 160 valence electrons. The number of hydrogen-bond acceptors (Lipinski definition) is 5. The number of benzene rings is 2. The van der Waals surface area contributed by atoms with Gasteiger partial charge in [0, 0.05) is 30.9 Å². The molecule has 0 aliphatic rings. The molecule has 0 amide bonds. The predicted octanol–water partition coefficient (Wildman–Crippen LogP) is 5.01. The molecule has 6 heteroatoms. The van der Waals surface area contributed by atoms with E-state index in [1.807, 2.05) is 43.6 Å². The van der Waals surface area contributed by atoms with Crippen LogP contribution in [0.2, 0.25) is 0 Å². The zero-order valence-corrected chi connectivity index (χ0v) is 18.8. The third-order valence-electron chi connectivity index (χ3n) is 5.08. The van der Waals surface area contributed by atoms with Crippen LogP contribution in [0.25, 0.3) is 0 Å². The van der Waals surface area contributed by atoms with Crippen LogP contribution >= 0.6 is 12.4 Å². The molecule has 30 heavy (non-hydrogen) atoms. The van der Waals surface area contributed by atoms with E-state index in [0.29, 0.717) is 0 Å². The second kappa shape index (κ2) is 11.4. The third-order valence-corrected chi connectivity index (χ3v) is 5.08. The smallest absolute Gasteiger partial charge is 0.133 e. The van der Waals surface area contributed by atoms with Crippen LogP contribution in [0.5, 0.6) is 11.5 Å². The van der Waals surface area contributed by atoms with E-state index in [4.69, 9.17) is 14.5 Å². The van der Waals surface area contributed by atoms with Crippen LogP contribution in [0, 0.1) is 0 Å². The number of nitrogens with one attached hydrogen (secondary N) is 1. The van der Waals surface area contributed by atoms with Crippen LogP contribution < -0.4 is 19.7 Å². The molecular weight excluding hydrogens is 398 g/mol. The Kier molecular flexibility index (Phi) is 8.96. The maximum Gasteiger partial charge on any atom is 0.133 e. The van der Waals surface area contributed by atoms with Gasteiger partial charge in [-0.05, 0) is 55.4 Å². The Morgan fingerprint density at radius 1 is 0.867 bits per heavy atom. The summed E-state index contributed by atoms with van der Waals surface area (Å²) in [5.74, 6) is 2.71. The summed E-state index contributed by atoms with van der Waals surface area (Å²) in [4.78, 5) is 7.06. The van der Waals surface area contributed by atoms with Crippen molar-refractivity contribution >= 4 is 18.2 Å². The van der Waals surface area contributed by atoms with E-state index in [9.17, 15) is 0 Å². The van der Waals surface area contributed by atoms with Crippen molar-refractivity contribution in [3.8, 4) is 11.5 Å². The average Bonchev–Trinajstić information content (AvgIpc) is 2.79. The summed E-state index contributed by atoms with van der Waals surface area (Å²) in [7, 11) is 5.34. The fourth-order valence-corrected chi connectivity index (χ4v) is 3.28. The van der Waals surface area contributed by atoms with Gasteiger partial charge in [-0.15, -0.1) is 12.4 Å². The Morgan fingerprint density at radius 2 is 1.37 bits per heavy atom. The first kappa shape index (κ1) is 23.5. The summed E-state index contributed by atoms with van der Waals surface area (Å²) >= 11 is 0. The second-order valence-electron chi connectivity index (χ2n) is 6.98. The summed E-state index contributed by atoms with van der Waals surface area (Å²) in [6, 6.07) is 20.7. The molecule has 3 rings (SSSR count). The standard InChI is InChI=1S/C24H29N3O2.ClH/c1-18(25-2)23-6-5-15-26-24(23)27(16-19-7-11-21(28-3)12-8-19)17-20-9-13-22(29-4)14-10-20;/h5-15,18,25H,16-17H2,1-4H3;1H/t18-;/m1./s1. The molecule has 0 radical (unpaired) electrons. The molecule has 0 saturated heterocycles. The molecule has 0 bridgehead atoms. The molecule has 2 aromatic carbocycles. The summed E-state index contributed by atoms with van der Waals surface area (Å²) in [6.07, 6.45) is 1.86. The zero-order valence-electron chi connectivity index (χ0n) is 18.0. The van der Waals surface area contributed by atoms with E-state index in [0.717, 1.165) is 30.4 Å². The number of halogens is 1. The summed E-state index contributed by atoms with van der Waals surface area (Å²) in [5, 5.41) is 3.33. The number of aromatic nitrogens is 1. The van der Waals surface area contributed by atoms with Gasteiger partial charge in [0.1, 0.15) is 17.3 Å². The van der Waals surface area contributed by atoms with Crippen molar-refractivity contribution in [2.75, 3.05) is 26.2 Å². The number of nitrogens with zero attached hydrogens (tertiary/aromatic N) is 2. The molecular formula is C24H30ClN3O2. The lowest BCUT2D eigenvalue weighted by Crippen LogP contribution is -2.26. The maximum atomic E-state index is 5.30. The van der Waals surface area contributed by atoms with Crippen LogP contribution in [0.4, 0.5) is 5.82 Å². The zero-order chi connectivity index (χ0) is 20.6.